The molecule has 1 amide bonds. The number of hydrogen-bond donors (Lipinski definition) is 0. The molecule has 0 aliphatic carbocycles. The molecular formula is C17H22ClNOS. The Labute approximate surface area is 136 Å². The summed E-state index contributed by atoms with van der Waals surface area (Å²) in [4.78, 5) is 12.3. The van der Waals surface area contributed by atoms with E-state index in [-0.39, 0.29) is 10.6 Å². The van der Waals surface area contributed by atoms with Crippen LogP contribution in [0, 0.1) is 0 Å². The molecule has 0 spiro atoms. The van der Waals surface area contributed by atoms with Crippen molar-refractivity contribution < 1.29 is 4.79 Å². The highest BCUT2D eigenvalue weighted by atomic mass is 35.5. The third-order valence-corrected chi connectivity index (χ3v) is 5.17. The lowest BCUT2D eigenvalue weighted by molar-refractivity contribution is 0.0924. The maximum atomic E-state index is 12.3. The Kier molecular flexibility index (Phi) is 6.19. The molecule has 2 rings (SSSR count). The highest BCUT2D eigenvalue weighted by molar-refractivity contribution is 7.99. The monoisotopic (exact) mass is 323 g/mol. The van der Waals surface area contributed by atoms with Crippen LogP contribution in [-0.2, 0) is 0 Å². The van der Waals surface area contributed by atoms with Gasteiger partial charge in [-0.2, -0.15) is 0 Å². The number of unbranched alkanes of at least 4 members (excludes halogenated alkanes) is 4. The number of nitrogens with zero attached hydrogens (tertiary/aromatic N) is 1. The molecule has 1 unspecified atom stereocenters. The molecule has 4 heteroatoms. The third-order valence-electron chi connectivity index (χ3n) is 3.65. The van der Waals surface area contributed by atoms with Crippen molar-refractivity contribution in [2.45, 2.75) is 50.2 Å². The first-order valence-electron chi connectivity index (χ1n) is 7.58. The Morgan fingerprint density at radius 2 is 1.86 bits per heavy atom. The Balaban J connectivity index is 1.84. The fraction of sp³-hybridized carbons (Fsp3) is 0.471. The fourth-order valence-corrected chi connectivity index (χ4v) is 3.76. The SMILES string of the molecule is C=C1c2ccccc2C(=O)N1SC(Cl)CCCCCCC. The van der Waals surface area contributed by atoms with Crippen LogP contribution in [0.15, 0.2) is 30.8 Å². The molecular weight excluding hydrogens is 302 g/mol. The molecule has 0 saturated heterocycles. The number of carbonyl (C=O) groups excluding carboxylic acids is 1. The van der Waals surface area contributed by atoms with Gasteiger partial charge in [0.05, 0.1) is 16.0 Å². The van der Waals surface area contributed by atoms with Gasteiger partial charge in [-0.1, -0.05) is 63.8 Å². The first-order valence-corrected chi connectivity index (χ1v) is 8.86. The second-order valence-electron chi connectivity index (χ2n) is 5.31. The van der Waals surface area contributed by atoms with Crippen molar-refractivity contribution in [2.24, 2.45) is 0 Å². The highest BCUT2D eigenvalue weighted by Crippen LogP contribution is 2.39. The number of hydrogen-bond acceptors (Lipinski definition) is 2. The molecule has 1 aromatic carbocycles. The minimum Gasteiger partial charge on any atom is -0.268 e. The summed E-state index contributed by atoms with van der Waals surface area (Å²) in [5.41, 5.74) is 2.39. The molecule has 1 atom stereocenters. The first-order chi connectivity index (χ1) is 10.1. The van der Waals surface area contributed by atoms with E-state index >= 15 is 0 Å². The molecule has 2 nitrogen and oxygen atoms in total. The summed E-state index contributed by atoms with van der Waals surface area (Å²) in [7, 11) is 0. The molecule has 1 aliphatic rings. The Bertz CT molecular complexity index is 482. The largest absolute Gasteiger partial charge is 0.269 e. The molecule has 0 saturated carbocycles. The van der Waals surface area contributed by atoms with Crippen LogP contribution in [0.3, 0.4) is 0 Å². The van der Waals surface area contributed by atoms with Gasteiger partial charge in [0.2, 0.25) is 0 Å². The van der Waals surface area contributed by atoms with Crippen molar-refractivity contribution in [1.29, 1.82) is 0 Å². The minimum atomic E-state index is -0.0818. The van der Waals surface area contributed by atoms with Gasteiger partial charge >= 0.3 is 0 Å². The summed E-state index contributed by atoms with van der Waals surface area (Å²) in [5.74, 6) is -0.00256. The molecule has 0 bridgehead atoms. The van der Waals surface area contributed by atoms with Crippen LogP contribution >= 0.6 is 23.5 Å². The van der Waals surface area contributed by atoms with Gasteiger partial charge in [0.1, 0.15) is 0 Å². The average molecular weight is 324 g/mol. The van der Waals surface area contributed by atoms with E-state index in [1.807, 2.05) is 24.3 Å². The van der Waals surface area contributed by atoms with Gasteiger partial charge in [0.15, 0.2) is 0 Å². The smallest absolute Gasteiger partial charge is 0.268 e. The van der Waals surface area contributed by atoms with E-state index in [1.54, 1.807) is 4.31 Å². The normalized spacial score (nSPS) is 15.4. The van der Waals surface area contributed by atoms with Crippen LogP contribution in [0.4, 0.5) is 0 Å². The lowest BCUT2D eigenvalue weighted by Crippen LogP contribution is -2.17. The Morgan fingerprint density at radius 1 is 1.19 bits per heavy atom. The Hall–Kier alpha value is -0.930. The van der Waals surface area contributed by atoms with Gasteiger partial charge in [-0.15, -0.1) is 11.6 Å². The number of rotatable bonds is 8. The van der Waals surface area contributed by atoms with Crippen molar-refractivity contribution in [2.75, 3.05) is 0 Å². The topological polar surface area (TPSA) is 20.3 Å². The lowest BCUT2D eigenvalue weighted by atomic mass is 10.1. The summed E-state index contributed by atoms with van der Waals surface area (Å²) in [5, 5.41) is 0. The van der Waals surface area contributed by atoms with Crippen LogP contribution in [-0.4, -0.2) is 14.9 Å². The van der Waals surface area contributed by atoms with Crippen molar-refractivity contribution in [3.63, 3.8) is 0 Å². The maximum Gasteiger partial charge on any atom is 0.269 e. The summed E-state index contributed by atoms with van der Waals surface area (Å²) in [6.07, 6.45) is 7.06. The zero-order chi connectivity index (χ0) is 15.2. The molecule has 1 aliphatic heterocycles. The number of amides is 1. The first kappa shape index (κ1) is 16.4. The molecule has 114 valence electrons. The van der Waals surface area contributed by atoms with Gasteiger partial charge < -0.3 is 0 Å². The molecule has 21 heavy (non-hydrogen) atoms. The second-order valence-corrected chi connectivity index (χ2v) is 7.24. The molecule has 1 aromatic rings. The van der Waals surface area contributed by atoms with Gasteiger partial charge in [0.25, 0.3) is 5.91 Å². The summed E-state index contributed by atoms with van der Waals surface area (Å²) in [6.45, 7) is 6.24. The van der Waals surface area contributed by atoms with Gasteiger partial charge in [-0.05, 0) is 24.4 Å². The van der Waals surface area contributed by atoms with Crippen molar-refractivity contribution >= 4 is 35.2 Å². The fourth-order valence-electron chi connectivity index (χ4n) is 2.45. The van der Waals surface area contributed by atoms with E-state index in [2.05, 4.69) is 13.5 Å². The molecule has 0 radical (unpaired) electrons. The van der Waals surface area contributed by atoms with Crippen molar-refractivity contribution in [3.8, 4) is 0 Å². The number of halogens is 1. The van der Waals surface area contributed by atoms with E-state index in [0.29, 0.717) is 0 Å². The maximum absolute atomic E-state index is 12.3. The standard InChI is InChI=1S/C17H22ClNOS/c1-3-4-5-6-7-12-16(18)21-19-13(2)14-10-8-9-11-15(14)17(19)20/h8-11,16H,2-7,12H2,1H3. The molecule has 1 heterocycles. The predicted octanol–water partition coefficient (Wildman–Crippen LogP) is 5.69. The number of benzene rings is 1. The summed E-state index contributed by atoms with van der Waals surface area (Å²) >= 11 is 7.77. The van der Waals surface area contributed by atoms with E-state index in [9.17, 15) is 4.79 Å². The molecule has 0 fully saturated rings. The third kappa shape index (κ3) is 4.04. The minimum absolute atomic E-state index is 0.00256. The second kappa shape index (κ2) is 7.90. The van der Waals surface area contributed by atoms with Crippen LogP contribution in [0.1, 0.15) is 61.4 Å². The number of alkyl halides is 1. The van der Waals surface area contributed by atoms with Crippen LogP contribution in [0.5, 0.6) is 0 Å². The molecule has 0 N–H and O–H groups in total. The van der Waals surface area contributed by atoms with E-state index in [1.165, 1.54) is 37.6 Å². The van der Waals surface area contributed by atoms with Gasteiger partial charge in [-0.25, -0.2) is 4.31 Å². The van der Waals surface area contributed by atoms with E-state index < -0.39 is 0 Å². The van der Waals surface area contributed by atoms with Crippen molar-refractivity contribution in [3.05, 3.63) is 42.0 Å². The number of carbonyl (C=O) groups is 1. The zero-order valence-corrected chi connectivity index (χ0v) is 14.1. The van der Waals surface area contributed by atoms with Crippen molar-refractivity contribution in [1.82, 2.24) is 4.31 Å². The predicted molar refractivity (Wildman–Crippen MR) is 92.3 cm³/mol. The van der Waals surface area contributed by atoms with Gasteiger partial charge in [-0.3, -0.25) is 4.79 Å². The number of fused-ring (bicyclic) bond motifs is 1. The van der Waals surface area contributed by atoms with Gasteiger partial charge in [0, 0.05) is 5.56 Å². The van der Waals surface area contributed by atoms with E-state index in [4.69, 9.17) is 11.6 Å². The quantitative estimate of drug-likeness (QED) is 0.348. The van der Waals surface area contributed by atoms with Crippen LogP contribution in [0.2, 0.25) is 0 Å². The summed E-state index contributed by atoms with van der Waals surface area (Å²) in [6, 6.07) is 7.59. The highest BCUT2D eigenvalue weighted by Gasteiger charge is 2.32. The molecule has 0 aromatic heterocycles. The average Bonchev–Trinajstić information content (AvgIpc) is 2.73. The Morgan fingerprint density at radius 3 is 2.52 bits per heavy atom. The van der Waals surface area contributed by atoms with Crippen LogP contribution in [0.25, 0.3) is 5.70 Å². The van der Waals surface area contributed by atoms with Crippen LogP contribution < -0.4 is 0 Å². The lowest BCUT2D eigenvalue weighted by Gasteiger charge is -2.19. The summed E-state index contributed by atoms with van der Waals surface area (Å²) < 4.78 is 1.57. The zero-order valence-electron chi connectivity index (χ0n) is 12.5. The van der Waals surface area contributed by atoms with E-state index in [0.717, 1.165) is 29.7 Å².